The fourth-order valence-corrected chi connectivity index (χ4v) is 3.47. The third-order valence-electron chi connectivity index (χ3n) is 5.15. The second-order valence-corrected chi connectivity index (χ2v) is 7.09. The van der Waals surface area contributed by atoms with E-state index in [9.17, 15) is 9.59 Å². The van der Waals surface area contributed by atoms with Crippen LogP contribution in [0, 0.1) is 0 Å². The van der Waals surface area contributed by atoms with Crippen LogP contribution in [0.25, 0.3) is 16.9 Å². The Labute approximate surface area is 190 Å². The molecular formula is C24H23N5O4. The average Bonchev–Trinajstić information content (AvgIpc) is 3.28. The highest BCUT2D eigenvalue weighted by atomic mass is 16.5. The highest BCUT2D eigenvalue weighted by Gasteiger charge is 2.18. The number of amides is 2. The summed E-state index contributed by atoms with van der Waals surface area (Å²) in [7, 11) is 2.88. The Kier molecular flexibility index (Phi) is 6.21. The second kappa shape index (κ2) is 9.39. The largest absolute Gasteiger partial charge is 0.497 e. The Morgan fingerprint density at radius 2 is 1.91 bits per heavy atom. The van der Waals surface area contributed by atoms with E-state index < -0.39 is 6.09 Å². The van der Waals surface area contributed by atoms with Crippen LogP contribution in [0.1, 0.15) is 17.3 Å². The van der Waals surface area contributed by atoms with Crippen molar-refractivity contribution in [2.75, 3.05) is 31.0 Å². The summed E-state index contributed by atoms with van der Waals surface area (Å²) >= 11 is 0. The molecule has 1 N–H and O–H groups in total. The molecule has 9 heteroatoms. The first-order valence-electron chi connectivity index (χ1n) is 10.3. The number of imidazole rings is 1. The maximum Gasteiger partial charge on any atom is 0.412 e. The summed E-state index contributed by atoms with van der Waals surface area (Å²) in [6, 6.07) is 14.4. The van der Waals surface area contributed by atoms with Gasteiger partial charge in [-0.05, 0) is 43.3 Å². The van der Waals surface area contributed by atoms with Crippen molar-refractivity contribution in [3.8, 4) is 17.0 Å². The van der Waals surface area contributed by atoms with Crippen molar-refractivity contribution in [3.63, 3.8) is 0 Å². The number of hydrogen-bond donors (Lipinski definition) is 1. The monoisotopic (exact) mass is 445 g/mol. The Morgan fingerprint density at radius 1 is 1.06 bits per heavy atom. The Morgan fingerprint density at radius 3 is 2.61 bits per heavy atom. The number of fused-ring (bicyclic) bond motifs is 1. The molecular weight excluding hydrogens is 422 g/mol. The topological polar surface area (TPSA) is 98.1 Å². The number of ether oxygens (including phenoxy) is 2. The number of benzene rings is 1. The second-order valence-electron chi connectivity index (χ2n) is 7.09. The maximum atomic E-state index is 13.4. The van der Waals surface area contributed by atoms with E-state index in [1.165, 1.54) is 7.11 Å². The van der Waals surface area contributed by atoms with Gasteiger partial charge < -0.3 is 14.4 Å². The van der Waals surface area contributed by atoms with Crippen molar-refractivity contribution in [2.24, 2.45) is 0 Å². The van der Waals surface area contributed by atoms with Crippen LogP contribution in [0.4, 0.5) is 16.3 Å². The maximum absolute atomic E-state index is 13.4. The van der Waals surface area contributed by atoms with Crippen LogP contribution < -0.4 is 15.0 Å². The quantitative estimate of drug-likeness (QED) is 0.476. The predicted octanol–water partition coefficient (Wildman–Crippen LogP) is 4.25. The van der Waals surface area contributed by atoms with E-state index in [4.69, 9.17) is 4.74 Å². The van der Waals surface area contributed by atoms with Crippen molar-refractivity contribution in [1.29, 1.82) is 0 Å². The van der Waals surface area contributed by atoms with E-state index in [1.54, 1.807) is 48.8 Å². The van der Waals surface area contributed by atoms with Gasteiger partial charge in [-0.25, -0.2) is 14.8 Å². The number of rotatable bonds is 6. The van der Waals surface area contributed by atoms with E-state index in [1.807, 2.05) is 41.7 Å². The Balaban J connectivity index is 1.66. The number of pyridine rings is 2. The minimum absolute atomic E-state index is 0.136. The number of anilines is 2. The van der Waals surface area contributed by atoms with Gasteiger partial charge in [0.1, 0.15) is 17.2 Å². The average molecular weight is 445 g/mol. The molecule has 0 bridgehead atoms. The lowest BCUT2D eigenvalue weighted by atomic mass is 10.2. The Bertz CT molecular complexity index is 1300. The number of nitrogens with one attached hydrogen (secondary N) is 1. The zero-order valence-electron chi connectivity index (χ0n) is 18.5. The molecule has 33 heavy (non-hydrogen) atoms. The lowest BCUT2D eigenvalue weighted by Crippen LogP contribution is -2.30. The fraction of sp³-hybridized carbons (Fsp3) is 0.167. The molecule has 0 aliphatic rings. The molecule has 168 valence electrons. The first kappa shape index (κ1) is 21.8. The SMILES string of the molecule is CCN(C(=O)c1ccc2ncc(-c3ccc(NC(=O)OC)nc3)n2c1)c1cccc(OC)c1. The van der Waals surface area contributed by atoms with Gasteiger partial charge in [-0.3, -0.25) is 14.5 Å². The van der Waals surface area contributed by atoms with Gasteiger partial charge in [-0.15, -0.1) is 0 Å². The molecule has 0 aliphatic carbocycles. The molecule has 4 aromatic rings. The first-order valence-corrected chi connectivity index (χ1v) is 10.3. The van der Waals surface area contributed by atoms with Gasteiger partial charge in [0, 0.05) is 36.3 Å². The van der Waals surface area contributed by atoms with Gasteiger partial charge in [0.25, 0.3) is 5.91 Å². The van der Waals surface area contributed by atoms with Crippen LogP contribution in [0.5, 0.6) is 5.75 Å². The van der Waals surface area contributed by atoms with E-state index in [0.29, 0.717) is 29.3 Å². The normalized spacial score (nSPS) is 10.6. The minimum atomic E-state index is -0.593. The van der Waals surface area contributed by atoms with Crippen LogP contribution in [-0.4, -0.2) is 47.1 Å². The summed E-state index contributed by atoms with van der Waals surface area (Å²) in [6.07, 6.45) is 4.51. The molecule has 0 radical (unpaired) electrons. The zero-order chi connectivity index (χ0) is 23.4. The van der Waals surface area contributed by atoms with Crippen LogP contribution in [-0.2, 0) is 4.74 Å². The van der Waals surface area contributed by atoms with Crippen LogP contribution in [0.3, 0.4) is 0 Å². The summed E-state index contributed by atoms with van der Waals surface area (Å²) < 4.78 is 11.7. The Hall–Kier alpha value is -4.40. The molecule has 3 heterocycles. The van der Waals surface area contributed by atoms with Gasteiger partial charge in [-0.2, -0.15) is 0 Å². The molecule has 0 saturated heterocycles. The number of hydrogen-bond acceptors (Lipinski definition) is 6. The van der Waals surface area contributed by atoms with E-state index in [-0.39, 0.29) is 5.91 Å². The molecule has 4 rings (SSSR count). The molecule has 0 atom stereocenters. The highest BCUT2D eigenvalue weighted by Crippen LogP contribution is 2.25. The minimum Gasteiger partial charge on any atom is -0.497 e. The lowest BCUT2D eigenvalue weighted by Gasteiger charge is -2.21. The third-order valence-corrected chi connectivity index (χ3v) is 5.15. The molecule has 1 aromatic carbocycles. The van der Waals surface area contributed by atoms with Crippen molar-refractivity contribution < 1.29 is 19.1 Å². The predicted molar refractivity (Wildman–Crippen MR) is 125 cm³/mol. The summed E-state index contributed by atoms with van der Waals surface area (Å²) in [5, 5.41) is 2.51. The van der Waals surface area contributed by atoms with E-state index >= 15 is 0 Å². The summed E-state index contributed by atoms with van der Waals surface area (Å²) in [5.74, 6) is 0.916. The van der Waals surface area contributed by atoms with Crippen molar-refractivity contribution in [1.82, 2.24) is 14.4 Å². The van der Waals surface area contributed by atoms with Crippen LogP contribution >= 0.6 is 0 Å². The number of methoxy groups -OCH3 is 2. The van der Waals surface area contributed by atoms with Gasteiger partial charge in [0.2, 0.25) is 0 Å². The van der Waals surface area contributed by atoms with Crippen LogP contribution in [0.2, 0.25) is 0 Å². The third kappa shape index (κ3) is 4.47. The molecule has 0 saturated carbocycles. The van der Waals surface area contributed by atoms with Crippen molar-refractivity contribution in [3.05, 3.63) is 72.7 Å². The molecule has 0 unspecified atom stereocenters. The lowest BCUT2D eigenvalue weighted by molar-refractivity contribution is 0.0988. The van der Waals surface area contributed by atoms with E-state index in [2.05, 4.69) is 20.0 Å². The van der Waals surface area contributed by atoms with Crippen molar-refractivity contribution >= 4 is 29.2 Å². The molecule has 0 aliphatic heterocycles. The molecule has 9 nitrogen and oxygen atoms in total. The van der Waals surface area contributed by atoms with Gasteiger partial charge >= 0.3 is 6.09 Å². The summed E-state index contributed by atoms with van der Waals surface area (Å²) in [5.41, 5.74) is 3.51. The van der Waals surface area contributed by atoms with E-state index in [0.717, 1.165) is 16.9 Å². The fourth-order valence-electron chi connectivity index (χ4n) is 3.47. The number of carbonyl (C=O) groups is 2. The van der Waals surface area contributed by atoms with Gasteiger partial charge in [0.15, 0.2) is 0 Å². The summed E-state index contributed by atoms with van der Waals surface area (Å²) in [6.45, 7) is 2.42. The number of carbonyl (C=O) groups excluding carboxylic acids is 2. The molecule has 0 spiro atoms. The first-order chi connectivity index (χ1) is 16.0. The smallest absolute Gasteiger partial charge is 0.412 e. The molecule has 2 amide bonds. The van der Waals surface area contributed by atoms with Crippen molar-refractivity contribution in [2.45, 2.75) is 6.92 Å². The summed E-state index contributed by atoms with van der Waals surface area (Å²) in [4.78, 5) is 35.1. The standard InChI is InChI=1S/C24H23N5O4/c1-4-28(18-6-5-7-19(12-18)32-2)23(30)17-9-11-22-26-14-20(29(22)15-17)16-8-10-21(25-13-16)27-24(31)33-3/h5-15H,4H2,1-3H3,(H,25,27,31). The number of aromatic nitrogens is 3. The highest BCUT2D eigenvalue weighted by molar-refractivity contribution is 6.06. The van der Waals surface area contributed by atoms with Gasteiger partial charge in [0.05, 0.1) is 31.7 Å². The zero-order valence-corrected chi connectivity index (χ0v) is 18.5. The van der Waals surface area contributed by atoms with Gasteiger partial charge in [-0.1, -0.05) is 6.07 Å². The van der Waals surface area contributed by atoms with Crippen LogP contribution in [0.15, 0.2) is 67.1 Å². The number of nitrogens with zero attached hydrogens (tertiary/aromatic N) is 4. The molecule has 3 aromatic heterocycles. The molecule has 0 fully saturated rings.